The topological polar surface area (TPSA) is 77.8 Å². The van der Waals surface area contributed by atoms with Crippen LogP contribution in [-0.2, 0) is 4.79 Å². The predicted octanol–water partition coefficient (Wildman–Crippen LogP) is 3.86. The molecule has 0 aromatic carbocycles. The number of hydrogen-bond donors (Lipinski definition) is 3. The number of aliphatic hydroxyl groups excluding tert-OH is 2. The highest BCUT2D eigenvalue weighted by Gasteiger charge is 2.60. The molecule has 3 fully saturated rings. The molecule has 4 nitrogen and oxygen atoms in total. The monoisotopic (exact) mass is 394 g/mol. The minimum absolute atomic E-state index is 0.0165. The van der Waals surface area contributed by atoms with Crippen molar-refractivity contribution < 1.29 is 20.1 Å². The lowest BCUT2D eigenvalue weighted by Crippen LogP contribution is -2.54. The van der Waals surface area contributed by atoms with E-state index in [1.165, 1.54) is 5.57 Å². The third-order valence-corrected chi connectivity index (χ3v) is 9.93. The van der Waals surface area contributed by atoms with Crippen LogP contribution >= 0.6 is 11.8 Å². The molecule has 0 spiro atoms. The van der Waals surface area contributed by atoms with Crippen LogP contribution in [-0.4, -0.2) is 44.5 Å². The predicted molar refractivity (Wildman–Crippen MR) is 108 cm³/mol. The van der Waals surface area contributed by atoms with Crippen LogP contribution in [0.2, 0.25) is 0 Å². The Hall–Kier alpha value is -0.520. The highest BCUT2D eigenvalue weighted by molar-refractivity contribution is 8.00. The van der Waals surface area contributed by atoms with E-state index in [0.717, 1.165) is 44.9 Å². The number of thioether (sulfide) groups is 1. The molecule has 5 heteroatoms. The van der Waals surface area contributed by atoms with Gasteiger partial charge in [0.25, 0.3) is 0 Å². The average molecular weight is 395 g/mol. The zero-order valence-electron chi connectivity index (χ0n) is 16.6. The van der Waals surface area contributed by atoms with Gasteiger partial charge in [-0.15, -0.1) is 0 Å². The van der Waals surface area contributed by atoms with Gasteiger partial charge in [0.1, 0.15) is 0 Å². The van der Waals surface area contributed by atoms with E-state index in [1.807, 2.05) is 0 Å². The summed E-state index contributed by atoms with van der Waals surface area (Å²) in [6, 6.07) is 0. The maximum Gasteiger partial charge on any atom is 0.304 e. The van der Waals surface area contributed by atoms with Gasteiger partial charge in [-0.3, -0.25) is 4.79 Å². The lowest BCUT2D eigenvalue weighted by molar-refractivity contribution is -0.136. The minimum atomic E-state index is -0.731. The number of carboxylic acid groups (broad SMARTS) is 1. The van der Waals surface area contributed by atoms with E-state index in [0.29, 0.717) is 28.8 Å². The SMILES string of the molecule is C[C@]12CC[C@H](O)CC1=C[C@@H](SCCC(=O)O)C1C2CC[C@@]2(C)C1CC[C@@H]2O. The molecule has 0 amide bonds. The molecule has 0 heterocycles. The number of aliphatic carboxylic acids is 1. The van der Waals surface area contributed by atoms with E-state index in [9.17, 15) is 15.0 Å². The highest BCUT2D eigenvalue weighted by atomic mass is 32.2. The summed E-state index contributed by atoms with van der Waals surface area (Å²) in [5.41, 5.74) is 1.60. The lowest BCUT2D eigenvalue weighted by Gasteiger charge is -2.59. The van der Waals surface area contributed by atoms with Crippen LogP contribution in [0.25, 0.3) is 0 Å². The van der Waals surface area contributed by atoms with Crippen LogP contribution in [0.15, 0.2) is 11.6 Å². The van der Waals surface area contributed by atoms with Crippen LogP contribution in [0.1, 0.15) is 65.2 Å². The molecule has 27 heavy (non-hydrogen) atoms. The molecule has 3 saturated carbocycles. The summed E-state index contributed by atoms with van der Waals surface area (Å²) in [5, 5.41) is 30.4. The molecule has 3 unspecified atom stereocenters. The van der Waals surface area contributed by atoms with Crippen LogP contribution in [0.3, 0.4) is 0 Å². The molecule has 0 aromatic rings. The third-order valence-electron chi connectivity index (χ3n) is 8.66. The van der Waals surface area contributed by atoms with E-state index in [2.05, 4.69) is 19.9 Å². The molecule has 4 rings (SSSR count). The van der Waals surface area contributed by atoms with Gasteiger partial charge < -0.3 is 15.3 Å². The zero-order valence-corrected chi connectivity index (χ0v) is 17.4. The number of hydrogen-bond acceptors (Lipinski definition) is 4. The normalized spacial score (nSPS) is 49.0. The fourth-order valence-electron chi connectivity index (χ4n) is 7.02. The van der Waals surface area contributed by atoms with Gasteiger partial charge in [0.05, 0.1) is 18.6 Å². The van der Waals surface area contributed by atoms with Crippen molar-refractivity contribution in [2.75, 3.05) is 5.75 Å². The Morgan fingerprint density at radius 2 is 1.93 bits per heavy atom. The van der Waals surface area contributed by atoms with E-state index in [4.69, 9.17) is 5.11 Å². The van der Waals surface area contributed by atoms with E-state index in [1.54, 1.807) is 11.8 Å². The average Bonchev–Trinajstić information content (AvgIpc) is 2.91. The Bertz CT molecular complexity index is 634. The van der Waals surface area contributed by atoms with Crippen molar-refractivity contribution in [3.05, 3.63) is 11.6 Å². The molecule has 152 valence electrons. The van der Waals surface area contributed by atoms with Gasteiger partial charge in [-0.25, -0.2) is 0 Å². The van der Waals surface area contributed by atoms with Gasteiger partial charge in [0.15, 0.2) is 0 Å². The van der Waals surface area contributed by atoms with Crippen molar-refractivity contribution in [2.45, 2.75) is 82.7 Å². The summed E-state index contributed by atoms with van der Waals surface area (Å²) in [5.74, 6) is 1.54. The summed E-state index contributed by atoms with van der Waals surface area (Å²) in [7, 11) is 0. The summed E-state index contributed by atoms with van der Waals surface area (Å²) in [4.78, 5) is 11.0. The third kappa shape index (κ3) is 3.18. The number of aliphatic hydroxyl groups is 2. The molecule has 0 aromatic heterocycles. The Morgan fingerprint density at radius 1 is 1.15 bits per heavy atom. The van der Waals surface area contributed by atoms with Crippen molar-refractivity contribution >= 4 is 17.7 Å². The molecule has 0 bridgehead atoms. The van der Waals surface area contributed by atoms with Crippen LogP contribution in [0.4, 0.5) is 0 Å². The van der Waals surface area contributed by atoms with E-state index >= 15 is 0 Å². The van der Waals surface area contributed by atoms with E-state index in [-0.39, 0.29) is 29.5 Å². The van der Waals surface area contributed by atoms with Crippen molar-refractivity contribution in [3.8, 4) is 0 Å². The Morgan fingerprint density at radius 3 is 2.67 bits per heavy atom. The molecule has 8 atom stereocenters. The number of carbonyl (C=O) groups is 1. The molecular formula is C22H34O4S. The first-order valence-corrected chi connectivity index (χ1v) is 11.7. The minimum Gasteiger partial charge on any atom is -0.481 e. The Kier molecular flexibility index (Phi) is 5.18. The van der Waals surface area contributed by atoms with Gasteiger partial charge in [0, 0.05) is 11.0 Å². The standard InChI is InChI=1S/C22H34O4S/c1-21-8-5-14(23)11-13(21)12-17(27-10-7-19(25)26)20-15-3-4-18(24)22(15,2)9-6-16(20)21/h12,14-18,20,23-24H,3-11H2,1-2H3,(H,25,26)/t14-,15?,16?,17+,18-,20?,21-,22-/m0/s1. The number of carboxylic acids is 1. The fourth-order valence-corrected chi connectivity index (χ4v) is 8.44. The first-order chi connectivity index (χ1) is 12.8. The smallest absolute Gasteiger partial charge is 0.304 e. The van der Waals surface area contributed by atoms with Crippen molar-refractivity contribution in [2.24, 2.45) is 28.6 Å². The molecule has 0 radical (unpaired) electrons. The molecule has 0 aliphatic heterocycles. The summed E-state index contributed by atoms with van der Waals surface area (Å²) < 4.78 is 0. The van der Waals surface area contributed by atoms with Gasteiger partial charge in [-0.2, -0.15) is 11.8 Å². The summed E-state index contributed by atoms with van der Waals surface area (Å²) in [6.45, 7) is 4.70. The van der Waals surface area contributed by atoms with Gasteiger partial charge in [-0.1, -0.05) is 25.5 Å². The lowest BCUT2D eigenvalue weighted by atomic mass is 9.48. The fraction of sp³-hybridized carbons (Fsp3) is 0.864. The quantitative estimate of drug-likeness (QED) is 0.631. The molecule has 3 N–H and O–H groups in total. The maximum absolute atomic E-state index is 11.0. The first-order valence-electron chi connectivity index (χ1n) is 10.7. The number of fused-ring (bicyclic) bond motifs is 5. The zero-order chi connectivity index (χ0) is 19.4. The van der Waals surface area contributed by atoms with Crippen LogP contribution in [0, 0.1) is 28.6 Å². The highest BCUT2D eigenvalue weighted by Crippen LogP contribution is 2.66. The van der Waals surface area contributed by atoms with Crippen LogP contribution in [0.5, 0.6) is 0 Å². The van der Waals surface area contributed by atoms with Crippen molar-refractivity contribution in [3.63, 3.8) is 0 Å². The molecular weight excluding hydrogens is 360 g/mol. The molecule has 0 saturated heterocycles. The molecule has 4 aliphatic rings. The first kappa shape index (κ1) is 19.8. The molecule has 4 aliphatic carbocycles. The largest absolute Gasteiger partial charge is 0.481 e. The van der Waals surface area contributed by atoms with E-state index < -0.39 is 5.97 Å². The van der Waals surface area contributed by atoms with Gasteiger partial charge in [0.2, 0.25) is 0 Å². The van der Waals surface area contributed by atoms with Crippen LogP contribution < -0.4 is 0 Å². The van der Waals surface area contributed by atoms with Crippen molar-refractivity contribution in [1.82, 2.24) is 0 Å². The second kappa shape index (κ2) is 7.07. The Labute approximate surface area is 166 Å². The second-order valence-corrected chi connectivity index (χ2v) is 11.2. The summed E-state index contributed by atoms with van der Waals surface area (Å²) >= 11 is 1.80. The van der Waals surface area contributed by atoms with Gasteiger partial charge in [-0.05, 0) is 73.5 Å². The van der Waals surface area contributed by atoms with Crippen molar-refractivity contribution in [1.29, 1.82) is 0 Å². The van der Waals surface area contributed by atoms with Gasteiger partial charge >= 0.3 is 5.97 Å². The maximum atomic E-state index is 11.0. The summed E-state index contributed by atoms with van der Waals surface area (Å²) in [6.07, 6.45) is 9.15. The second-order valence-electron chi connectivity index (χ2n) is 9.91. The Balaban J connectivity index is 1.68. The number of rotatable bonds is 4.